The molecule has 0 saturated heterocycles. The summed E-state index contributed by atoms with van der Waals surface area (Å²) in [5.74, 6) is 2.45. The van der Waals surface area contributed by atoms with Crippen LogP contribution >= 0.6 is 23.4 Å². The maximum absolute atomic E-state index is 5.93. The molecule has 0 radical (unpaired) electrons. The van der Waals surface area contributed by atoms with Gasteiger partial charge in [0, 0.05) is 30.7 Å². The highest BCUT2D eigenvalue weighted by atomic mass is 35.5. The van der Waals surface area contributed by atoms with Crippen molar-refractivity contribution in [3.8, 4) is 11.4 Å². The van der Waals surface area contributed by atoms with Gasteiger partial charge in [-0.25, -0.2) is 0 Å². The largest absolute Gasteiger partial charge is 0.383 e. The summed E-state index contributed by atoms with van der Waals surface area (Å²) in [5, 5.41) is 14.3. The predicted octanol–water partition coefficient (Wildman–Crippen LogP) is 4.51. The van der Waals surface area contributed by atoms with Crippen molar-refractivity contribution in [3.63, 3.8) is 0 Å². The third-order valence-electron chi connectivity index (χ3n) is 4.41. The van der Waals surface area contributed by atoms with Gasteiger partial charge in [-0.3, -0.25) is 0 Å². The molecule has 2 aromatic heterocycles. The second-order valence-corrected chi connectivity index (χ2v) is 7.89. The molecule has 0 aliphatic rings. The van der Waals surface area contributed by atoms with Crippen molar-refractivity contribution in [1.29, 1.82) is 0 Å². The molecule has 0 N–H and O–H groups in total. The van der Waals surface area contributed by atoms with E-state index in [1.54, 1.807) is 19.2 Å². The molecular formula is C21H20ClN5O2S. The summed E-state index contributed by atoms with van der Waals surface area (Å²) < 4.78 is 12.7. The zero-order chi connectivity index (χ0) is 20.8. The lowest BCUT2D eigenvalue weighted by atomic mass is 10.1. The first-order chi connectivity index (χ1) is 14.7. The summed E-state index contributed by atoms with van der Waals surface area (Å²) in [7, 11) is 1.69. The van der Waals surface area contributed by atoms with E-state index in [-0.39, 0.29) is 0 Å². The van der Waals surface area contributed by atoms with Gasteiger partial charge in [-0.1, -0.05) is 58.9 Å². The van der Waals surface area contributed by atoms with Crippen molar-refractivity contribution in [2.24, 2.45) is 0 Å². The maximum atomic E-state index is 5.93. The Morgan fingerprint density at radius 3 is 2.63 bits per heavy atom. The highest BCUT2D eigenvalue weighted by Crippen LogP contribution is 2.24. The zero-order valence-corrected chi connectivity index (χ0v) is 17.9. The average molecular weight is 442 g/mol. The van der Waals surface area contributed by atoms with Crippen molar-refractivity contribution in [2.45, 2.75) is 23.9 Å². The van der Waals surface area contributed by atoms with Gasteiger partial charge in [0.2, 0.25) is 11.7 Å². The van der Waals surface area contributed by atoms with Crippen molar-refractivity contribution in [1.82, 2.24) is 24.9 Å². The van der Waals surface area contributed by atoms with Crippen molar-refractivity contribution in [2.75, 3.05) is 13.7 Å². The molecule has 7 nitrogen and oxygen atoms in total. The lowest BCUT2D eigenvalue weighted by Gasteiger charge is -2.09. The van der Waals surface area contributed by atoms with Crippen LogP contribution in [-0.2, 0) is 23.5 Å². The van der Waals surface area contributed by atoms with Crippen LogP contribution in [0.4, 0.5) is 0 Å². The van der Waals surface area contributed by atoms with Crippen LogP contribution in [-0.4, -0.2) is 38.6 Å². The standard InChI is InChI=1S/C21H20ClN5O2S/c1-28-12-11-27-18(13-15-5-3-2-4-6-15)24-25-21(27)30-14-19-23-20(26-29-19)16-7-9-17(22)10-8-16/h2-10H,11-14H2,1H3. The van der Waals surface area contributed by atoms with Crippen molar-refractivity contribution < 1.29 is 9.26 Å². The van der Waals surface area contributed by atoms with Gasteiger partial charge in [0.1, 0.15) is 5.82 Å². The summed E-state index contributed by atoms with van der Waals surface area (Å²) in [6.45, 7) is 1.25. The van der Waals surface area contributed by atoms with Gasteiger partial charge < -0.3 is 13.8 Å². The van der Waals surface area contributed by atoms with E-state index >= 15 is 0 Å². The topological polar surface area (TPSA) is 78.9 Å². The van der Waals surface area contributed by atoms with E-state index in [1.807, 2.05) is 30.3 Å². The second kappa shape index (κ2) is 9.88. The Kier molecular flexibility index (Phi) is 6.78. The number of hydrogen-bond acceptors (Lipinski definition) is 7. The van der Waals surface area contributed by atoms with Gasteiger partial charge in [0.15, 0.2) is 5.16 Å². The molecular weight excluding hydrogens is 422 g/mol. The van der Waals surface area contributed by atoms with E-state index < -0.39 is 0 Å². The molecule has 2 heterocycles. The molecule has 0 saturated carbocycles. The first kappa shape index (κ1) is 20.6. The number of hydrogen-bond donors (Lipinski definition) is 0. The van der Waals surface area contributed by atoms with E-state index in [0.29, 0.717) is 42.1 Å². The average Bonchev–Trinajstić information content (AvgIpc) is 3.39. The second-order valence-electron chi connectivity index (χ2n) is 6.51. The van der Waals surface area contributed by atoms with Gasteiger partial charge in [-0.2, -0.15) is 4.98 Å². The Balaban J connectivity index is 1.47. The van der Waals surface area contributed by atoms with E-state index in [4.69, 9.17) is 20.9 Å². The predicted molar refractivity (Wildman–Crippen MR) is 115 cm³/mol. The quantitative estimate of drug-likeness (QED) is 0.353. The van der Waals surface area contributed by atoms with Crippen molar-refractivity contribution >= 4 is 23.4 Å². The third kappa shape index (κ3) is 5.08. The summed E-state index contributed by atoms with van der Waals surface area (Å²) in [6, 6.07) is 17.5. The number of aromatic nitrogens is 5. The Labute approximate surface area is 183 Å². The SMILES string of the molecule is COCCn1c(Cc2ccccc2)nnc1SCc1nc(-c2ccc(Cl)cc2)no1. The number of ether oxygens (including phenoxy) is 1. The van der Waals surface area contributed by atoms with E-state index in [9.17, 15) is 0 Å². The smallest absolute Gasteiger partial charge is 0.237 e. The molecule has 0 unspecified atom stereocenters. The Morgan fingerprint density at radius 1 is 1.07 bits per heavy atom. The van der Waals surface area contributed by atoms with Gasteiger partial charge in [0.25, 0.3) is 0 Å². The number of methoxy groups -OCH3 is 1. The monoisotopic (exact) mass is 441 g/mol. The van der Waals surface area contributed by atoms with Crippen molar-refractivity contribution in [3.05, 3.63) is 76.9 Å². The highest BCUT2D eigenvalue weighted by molar-refractivity contribution is 7.98. The van der Waals surface area contributed by atoms with Crippen LogP contribution in [0.25, 0.3) is 11.4 Å². The van der Waals surface area contributed by atoms with Crippen LogP contribution in [0, 0.1) is 0 Å². The molecule has 0 spiro atoms. The third-order valence-corrected chi connectivity index (χ3v) is 5.62. The molecule has 154 valence electrons. The van der Waals surface area contributed by atoms with Gasteiger partial charge in [0.05, 0.1) is 12.4 Å². The molecule has 0 fully saturated rings. The van der Waals surface area contributed by atoms with Crippen LogP contribution in [0.5, 0.6) is 0 Å². The van der Waals surface area contributed by atoms with Crippen LogP contribution < -0.4 is 0 Å². The lowest BCUT2D eigenvalue weighted by Crippen LogP contribution is -2.10. The number of nitrogens with zero attached hydrogens (tertiary/aromatic N) is 5. The molecule has 4 aromatic rings. The van der Waals surface area contributed by atoms with E-state index in [2.05, 4.69) is 37.0 Å². The minimum atomic E-state index is 0.497. The van der Waals surface area contributed by atoms with Crippen LogP contribution in [0.15, 0.2) is 64.3 Å². The molecule has 0 aliphatic heterocycles. The van der Waals surface area contributed by atoms with Gasteiger partial charge in [-0.15, -0.1) is 10.2 Å². The number of thioether (sulfide) groups is 1. The Bertz CT molecular complexity index is 1080. The first-order valence-corrected chi connectivity index (χ1v) is 10.8. The summed E-state index contributed by atoms with van der Waals surface area (Å²) >= 11 is 7.44. The summed E-state index contributed by atoms with van der Waals surface area (Å²) in [5.41, 5.74) is 2.04. The Morgan fingerprint density at radius 2 is 1.87 bits per heavy atom. The number of halogens is 1. The molecule has 0 bridgehead atoms. The molecule has 9 heteroatoms. The maximum Gasteiger partial charge on any atom is 0.237 e. The zero-order valence-electron chi connectivity index (χ0n) is 16.4. The minimum Gasteiger partial charge on any atom is -0.383 e. The normalized spacial score (nSPS) is 11.1. The number of rotatable bonds is 9. The minimum absolute atomic E-state index is 0.497. The highest BCUT2D eigenvalue weighted by Gasteiger charge is 2.15. The molecule has 0 aliphatic carbocycles. The van der Waals surface area contributed by atoms with Crippen LogP contribution in [0.1, 0.15) is 17.3 Å². The fourth-order valence-corrected chi connectivity index (χ4v) is 3.85. The fraction of sp³-hybridized carbons (Fsp3) is 0.238. The lowest BCUT2D eigenvalue weighted by molar-refractivity contribution is 0.184. The molecule has 30 heavy (non-hydrogen) atoms. The molecule has 4 rings (SSSR count). The molecule has 0 atom stereocenters. The number of benzene rings is 2. The molecule has 2 aromatic carbocycles. The van der Waals surface area contributed by atoms with Gasteiger partial charge >= 0.3 is 0 Å². The van der Waals surface area contributed by atoms with E-state index in [1.165, 1.54) is 17.3 Å². The summed E-state index contributed by atoms with van der Waals surface area (Å²) in [4.78, 5) is 4.47. The van der Waals surface area contributed by atoms with Crippen LogP contribution in [0.2, 0.25) is 5.02 Å². The van der Waals surface area contributed by atoms with E-state index in [0.717, 1.165) is 16.5 Å². The molecule has 0 amide bonds. The fourth-order valence-electron chi connectivity index (χ4n) is 2.90. The summed E-state index contributed by atoms with van der Waals surface area (Å²) in [6.07, 6.45) is 0.708. The van der Waals surface area contributed by atoms with Crippen LogP contribution in [0.3, 0.4) is 0 Å². The van der Waals surface area contributed by atoms with Gasteiger partial charge in [-0.05, 0) is 29.8 Å². The first-order valence-electron chi connectivity index (χ1n) is 9.39. The Hall–Kier alpha value is -2.68.